The molecule has 0 saturated carbocycles. The summed E-state index contributed by atoms with van der Waals surface area (Å²) in [4.78, 5) is 14.4. The Hall–Kier alpha value is -1.16. The number of rotatable bonds is 3. The largest absolute Gasteiger partial charge is 0.496 e. The second kappa shape index (κ2) is 4.84. The minimum Gasteiger partial charge on any atom is -0.496 e. The van der Waals surface area contributed by atoms with E-state index in [4.69, 9.17) is 4.74 Å². The zero-order valence-electron chi connectivity index (χ0n) is 10.5. The second-order valence-electron chi connectivity index (χ2n) is 4.88. The summed E-state index contributed by atoms with van der Waals surface area (Å²) in [5, 5.41) is 0.677. The Kier molecular flexibility index (Phi) is 3.20. The van der Waals surface area contributed by atoms with Crippen LogP contribution in [0.2, 0.25) is 0 Å². The minimum absolute atomic E-state index is 0.243. The third-order valence-electron chi connectivity index (χ3n) is 3.75. The molecule has 0 aromatic heterocycles. The highest BCUT2D eigenvalue weighted by molar-refractivity contribution is 8.00. The molecule has 0 N–H and O–H groups in total. The Morgan fingerprint density at radius 3 is 3.00 bits per heavy atom. The Morgan fingerprint density at radius 1 is 1.50 bits per heavy atom. The van der Waals surface area contributed by atoms with Gasteiger partial charge in [-0.3, -0.25) is 4.79 Å². The fraction of sp³-hybridized carbons (Fsp3) is 0.500. The minimum atomic E-state index is 0.243. The lowest BCUT2D eigenvalue weighted by atomic mass is 10.1. The number of carbonyl (C=O) groups excluding carboxylic acids is 1. The molecule has 0 spiro atoms. The number of likely N-dealkylation sites (tertiary alicyclic amines) is 1. The van der Waals surface area contributed by atoms with Crippen molar-refractivity contribution in [2.45, 2.75) is 24.1 Å². The zero-order valence-corrected chi connectivity index (χ0v) is 11.3. The van der Waals surface area contributed by atoms with Crippen LogP contribution in [0.15, 0.2) is 24.3 Å². The number of carbonyl (C=O) groups is 1. The van der Waals surface area contributed by atoms with Gasteiger partial charge in [-0.05, 0) is 12.5 Å². The summed E-state index contributed by atoms with van der Waals surface area (Å²) in [5.41, 5.74) is 0.987. The fourth-order valence-corrected chi connectivity index (χ4v) is 4.25. The quantitative estimate of drug-likeness (QED) is 0.835. The number of thioether (sulfide) groups is 1. The Labute approximate surface area is 111 Å². The molecule has 2 bridgehead atoms. The number of benzene rings is 1. The number of nitrogens with zero attached hydrogens (tertiary/aromatic N) is 1. The first kappa shape index (κ1) is 11.9. The van der Waals surface area contributed by atoms with Crippen molar-refractivity contribution in [1.29, 1.82) is 0 Å². The molecule has 1 aromatic carbocycles. The van der Waals surface area contributed by atoms with E-state index in [2.05, 4.69) is 4.90 Å². The lowest BCUT2D eigenvalue weighted by molar-refractivity contribution is -0.131. The van der Waals surface area contributed by atoms with Crippen LogP contribution in [0.4, 0.5) is 0 Å². The highest BCUT2D eigenvalue weighted by Gasteiger charge is 2.40. The van der Waals surface area contributed by atoms with Crippen LogP contribution in [0.3, 0.4) is 0 Å². The first-order valence-electron chi connectivity index (χ1n) is 6.31. The third kappa shape index (κ3) is 2.09. The van der Waals surface area contributed by atoms with Crippen molar-refractivity contribution in [1.82, 2.24) is 4.90 Å². The standard InChI is InChI=1S/C14H17NO2S/c1-17-13-5-3-2-4-10(13)6-14(16)15-8-12-7-11(15)9-18-12/h2-5,11-12H,6-9H2,1H3. The van der Waals surface area contributed by atoms with Gasteiger partial charge in [-0.1, -0.05) is 18.2 Å². The van der Waals surface area contributed by atoms with Gasteiger partial charge in [0.2, 0.25) is 5.91 Å². The molecule has 1 amide bonds. The average molecular weight is 263 g/mol. The Morgan fingerprint density at radius 2 is 2.33 bits per heavy atom. The lowest BCUT2D eigenvalue weighted by Gasteiger charge is -2.27. The number of fused-ring (bicyclic) bond motifs is 2. The van der Waals surface area contributed by atoms with Crippen molar-refractivity contribution in [3.63, 3.8) is 0 Å². The van der Waals surface area contributed by atoms with Gasteiger partial charge >= 0.3 is 0 Å². The van der Waals surface area contributed by atoms with E-state index < -0.39 is 0 Å². The summed E-state index contributed by atoms with van der Waals surface area (Å²) in [6.45, 7) is 0.934. The molecular weight excluding hydrogens is 246 g/mol. The number of hydrogen-bond donors (Lipinski definition) is 0. The zero-order chi connectivity index (χ0) is 12.5. The number of methoxy groups -OCH3 is 1. The van der Waals surface area contributed by atoms with E-state index in [1.165, 1.54) is 6.42 Å². The number of ether oxygens (including phenoxy) is 1. The van der Waals surface area contributed by atoms with Gasteiger partial charge in [-0.25, -0.2) is 0 Å². The van der Waals surface area contributed by atoms with Crippen LogP contribution in [0, 0.1) is 0 Å². The van der Waals surface area contributed by atoms with E-state index in [1.54, 1.807) is 7.11 Å². The molecule has 2 unspecified atom stereocenters. The molecule has 2 aliphatic rings. The van der Waals surface area contributed by atoms with Crippen molar-refractivity contribution in [2.75, 3.05) is 19.4 Å². The Bertz CT molecular complexity index is 463. The maximum atomic E-state index is 12.3. The molecule has 3 nitrogen and oxygen atoms in total. The summed E-state index contributed by atoms with van der Waals surface area (Å²) in [5.74, 6) is 2.17. The molecule has 2 heterocycles. The lowest BCUT2D eigenvalue weighted by Crippen LogP contribution is -2.40. The van der Waals surface area contributed by atoms with Gasteiger partial charge in [0.15, 0.2) is 0 Å². The van der Waals surface area contributed by atoms with Crippen LogP contribution in [0.1, 0.15) is 12.0 Å². The molecule has 1 aromatic rings. The smallest absolute Gasteiger partial charge is 0.227 e. The second-order valence-corrected chi connectivity index (χ2v) is 6.21. The van der Waals surface area contributed by atoms with E-state index in [0.717, 1.165) is 23.6 Å². The van der Waals surface area contributed by atoms with Crippen molar-refractivity contribution in [3.8, 4) is 5.75 Å². The van der Waals surface area contributed by atoms with Crippen molar-refractivity contribution in [3.05, 3.63) is 29.8 Å². The maximum absolute atomic E-state index is 12.3. The summed E-state index contributed by atoms with van der Waals surface area (Å²) in [6, 6.07) is 8.24. The van der Waals surface area contributed by atoms with Gasteiger partial charge < -0.3 is 9.64 Å². The molecule has 2 fully saturated rings. The SMILES string of the molecule is COc1ccccc1CC(=O)N1CC2CC1CS2. The normalized spacial score (nSPS) is 25.5. The van der Waals surface area contributed by atoms with E-state index in [-0.39, 0.29) is 5.91 Å². The van der Waals surface area contributed by atoms with Gasteiger partial charge in [-0.15, -0.1) is 0 Å². The molecule has 3 rings (SSSR count). The summed E-state index contributed by atoms with van der Waals surface area (Å²) >= 11 is 2.01. The Balaban J connectivity index is 1.71. The predicted molar refractivity (Wildman–Crippen MR) is 73.1 cm³/mol. The van der Waals surface area contributed by atoms with E-state index in [0.29, 0.717) is 17.7 Å². The van der Waals surface area contributed by atoms with Crippen molar-refractivity contribution >= 4 is 17.7 Å². The van der Waals surface area contributed by atoms with E-state index >= 15 is 0 Å². The molecule has 18 heavy (non-hydrogen) atoms. The first-order chi connectivity index (χ1) is 8.78. The molecule has 4 heteroatoms. The maximum Gasteiger partial charge on any atom is 0.227 e. The number of hydrogen-bond acceptors (Lipinski definition) is 3. The van der Waals surface area contributed by atoms with E-state index in [1.807, 2.05) is 36.0 Å². The van der Waals surface area contributed by atoms with Crippen LogP contribution in [-0.4, -0.2) is 41.5 Å². The molecule has 96 valence electrons. The van der Waals surface area contributed by atoms with Crippen LogP contribution in [0.25, 0.3) is 0 Å². The van der Waals surface area contributed by atoms with Gasteiger partial charge in [0, 0.05) is 29.2 Å². The summed E-state index contributed by atoms with van der Waals surface area (Å²) in [6.07, 6.45) is 1.64. The molecule has 2 aliphatic heterocycles. The fourth-order valence-electron chi connectivity index (χ4n) is 2.82. The van der Waals surface area contributed by atoms with Gasteiger partial charge in [0.1, 0.15) is 5.75 Å². The predicted octanol–water partition coefficient (Wildman–Crippen LogP) is 1.95. The molecule has 2 saturated heterocycles. The van der Waals surface area contributed by atoms with Crippen LogP contribution >= 0.6 is 11.8 Å². The molecular formula is C14H17NO2S. The number of para-hydroxylation sites is 1. The van der Waals surface area contributed by atoms with Gasteiger partial charge in [0.25, 0.3) is 0 Å². The molecule has 0 aliphatic carbocycles. The van der Waals surface area contributed by atoms with Crippen LogP contribution in [0.5, 0.6) is 5.75 Å². The third-order valence-corrected chi connectivity index (χ3v) is 5.15. The molecule has 0 radical (unpaired) electrons. The van der Waals surface area contributed by atoms with Crippen LogP contribution < -0.4 is 4.74 Å². The van der Waals surface area contributed by atoms with Crippen molar-refractivity contribution in [2.24, 2.45) is 0 Å². The van der Waals surface area contributed by atoms with Gasteiger partial charge in [0.05, 0.1) is 13.5 Å². The topological polar surface area (TPSA) is 29.5 Å². The number of amides is 1. The summed E-state index contributed by atoms with van der Waals surface area (Å²) in [7, 11) is 1.65. The average Bonchev–Trinajstić information content (AvgIpc) is 3.01. The van der Waals surface area contributed by atoms with Crippen molar-refractivity contribution < 1.29 is 9.53 Å². The first-order valence-corrected chi connectivity index (χ1v) is 7.36. The highest BCUT2D eigenvalue weighted by Crippen LogP contribution is 2.37. The highest BCUT2D eigenvalue weighted by atomic mass is 32.2. The van der Waals surface area contributed by atoms with E-state index in [9.17, 15) is 4.79 Å². The van der Waals surface area contributed by atoms with Crippen LogP contribution in [-0.2, 0) is 11.2 Å². The van der Waals surface area contributed by atoms with Gasteiger partial charge in [-0.2, -0.15) is 11.8 Å². The molecule has 2 atom stereocenters. The summed E-state index contributed by atoms with van der Waals surface area (Å²) < 4.78 is 5.30. The monoisotopic (exact) mass is 263 g/mol.